The van der Waals surface area contributed by atoms with Crippen LogP contribution in [0.3, 0.4) is 0 Å². The first-order valence-corrected chi connectivity index (χ1v) is 7.81. The summed E-state index contributed by atoms with van der Waals surface area (Å²) in [5.74, 6) is -0.279. The Labute approximate surface area is 123 Å². The maximum atomic E-state index is 11.6. The number of nitrogens with one attached hydrogen (secondary N) is 1. The summed E-state index contributed by atoms with van der Waals surface area (Å²) in [5, 5.41) is 11.6. The summed E-state index contributed by atoms with van der Waals surface area (Å²) in [6, 6.07) is 0. The second-order valence-electron chi connectivity index (χ2n) is 5.17. The largest absolute Gasteiger partial charge is 0.481 e. The van der Waals surface area contributed by atoms with E-state index < -0.39 is 11.9 Å². The number of amides is 2. The minimum atomic E-state index is -0.845. The lowest BCUT2D eigenvalue weighted by Crippen LogP contribution is -2.31. The zero-order chi connectivity index (χ0) is 15.5. The number of carboxylic acid groups (broad SMARTS) is 1. The van der Waals surface area contributed by atoms with Crippen LogP contribution in [0.15, 0.2) is 0 Å². The van der Waals surface area contributed by atoms with Gasteiger partial charge in [0, 0.05) is 25.1 Å². The molecule has 0 saturated carbocycles. The van der Waals surface area contributed by atoms with Crippen LogP contribution in [-0.2, 0) is 14.4 Å². The van der Waals surface area contributed by atoms with Gasteiger partial charge in [-0.2, -0.15) is 11.8 Å². The van der Waals surface area contributed by atoms with Crippen LogP contribution in [0.1, 0.15) is 33.1 Å². The minimum Gasteiger partial charge on any atom is -0.481 e. The van der Waals surface area contributed by atoms with Gasteiger partial charge in [0.2, 0.25) is 11.8 Å². The van der Waals surface area contributed by atoms with Crippen LogP contribution in [0.2, 0.25) is 0 Å². The summed E-state index contributed by atoms with van der Waals surface area (Å²) in [6.07, 6.45) is 1.14. The zero-order valence-electron chi connectivity index (χ0n) is 12.1. The Bertz CT molecular complexity index is 334. The van der Waals surface area contributed by atoms with Crippen molar-refractivity contribution in [2.45, 2.75) is 33.1 Å². The van der Waals surface area contributed by atoms with Crippen molar-refractivity contribution >= 4 is 29.5 Å². The van der Waals surface area contributed by atoms with Crippen molar-refractivity contribution in [3.8, 4) is 0 Å². The van der Waals surface area contributed by atoms with Gasteiger partial charge in [-0.15, -0.1) is 0 Å². The monoisotopic (exact) mass is 304 g/mol. The van der Waals surface area contributed by atoms with Gasteiger partial charge in [-0.1, -0.05) is 13.8 Å². The van der Waals surface area contributed by atoms with Gasteiger partial charge in [-0.05, 0) is 18.3 Å². The molecule has 1 atom stereocenters. The molecule has 0 unspecified atom stereocenters. The highest BCUT2D eigenvalue weighted by Gasteiger charge is 2.16. The molecule has 0 heterocycles. The van der Waals surface area contributed by atoms with E-state index in [0.717, 1.165) is 6.42 Å². The van der Waals surface area contributed by atoms with Gasteiger partial charge >= 0.3 is 5.97 Å². The van der Waals surface area contributed by atoms with E-state index in [4.69, 9.17) is 10.8 Å². The number of primary amides is 1. The molecular formula is C13H24N2O4S. The van der Waals surface area contributed by atoms with Crippen molar-refractivity contribution in [2.24, 2.45) is 17.6 Å². The molecule has 0 bridgehead atoms. The lowest BCUT2D eigenvalue weighted by atomic mass is 9.94. The molecule has 0 aliphatic heterocycles. The Morgan fingerprint density at radius 2 is 1.95 bits per heavy atom. The van der Waals surface area contributed by atoms with Crippen molar-refractivity contribution in [1.82, 2.24) is 5.32 Å². The number of nitrogens with two attached hydrogens (primary N) is 1. The number of carbonyl (C=O) groups excluding carboxylic acids is 2. The topological polar surface area (TPSA) is 109 Å². The highest BCUT2D eigenvalue weighted by molar-refractivity contribution is 7.99. The Kier molecular flexibility index (Phi) is 9.88. The van der Waals surface area contributed by atoms with E-state index in [-0.39, 0.29) is 24.0 Å². The summed E-state index contributed by atoms with van der Waals surface area (Å²) in [5.41, 5.74) is 4.98. The molecule has 6 nitrogen and oxygen atoms in total. The third-order valence-corrected chi connectivity index (χ3v) is 3.56. The van der Waals surface area contributed by atoms with Gasteiger partial charge in [-0.25, -0.2) is 0 Å². The number of hydrogen-bond donors (Lipinski definition) is 3. The molecule has 0 aromatic carbocycles. The average molecular weight is 304 g/mol. The zero-order valence-corrected chi connectivity index (χ0v) is 12.9. The average Bonchev–Trinajstić information content (AvgIpc) is 2.30. The number of carbonyl (C=O) groups is 3. The smallest absolute Gasteiger partial charge is 0.303 e. The standard InChI is InChI=1S/C13H24N2O4S/c1-9(2)5-10(6-13(18)19)7-15-12(17)3-4-20-8-11(14)16/h9-10H,3-8H2,1-2H3,(H2,14,16)(H,15,17)(H,18,19)/t10-/m0/s1. The molecule has 7 heteroatoms. The molecule has 0 saturated heterocycles. The summed E-state index contributed by atoms with van der Waals surface area (Å²) in [6.45, 7) is 4.43. The van der Waals surface area contributed by atoms with Crippen molar-refractivity contribution in [2.75, 3.05) is 18.1 Å². The summed E-state index contributed by atoms with van der Waals surface area (Å²) >= 11 is 1.32. The molecule has 4 N–H and O–H groups in total. The van der Waals surface area contributed by atoms with Crippen LogP contribution < -0.4 is 11.1 Å². The summed E-state index contributed by atoms with van der Waals surface area (Å²) < 4.78 is 0. The third kappa shape index (κ3) is 11.8. The quantitative estimate of drug-likeness (QED) is 0.490. The summed E-state index contributed by atoms with van der Waals surface area (Å²) in [4.78, 5) is 32.8. The van der Waals surface area contributed by atoms with Crippen LogP contribution in [0.4, 0.5) is 0 Å². The second-order valence-corrected chi connectivity index (χ2v) is 6.27. The van der Waals surface area contributed by atoms with E-state index in [1.165, 1.54) is 11.8 Å². The predicted octanol–water partition coefficient (Wildman–Crippen LogP) is 0.848. The maximum Gasteiger partial charge on any atom is 0.303 e. The van der Waals surface area contributed by atoms with Crippen molar-refractivity contribution in [3.05, 3.63) is 0 Å². The first-order chi connectivity index (χ1) is 9.31. The first kappa shape index (κ1) is 18.8. The maximum absolute atomic E-state index is 11.6. The SMILES string of the molecule is CC(C)C[C@H](CNC(=O)CCSCC(N)=O)CC(=O)O. The summed E-state index contributed by atoms with van der Waals surface area (Å²) in [7, 11) is 0. The van der Waals surface area contributed by atoms with Crippen LogP contribution in [0.25, 0.3) is 0 Å². The van der Waals surface area contributed by atoms with Gasteiger partial charge in [0.05, 0.1) is 5.75 Å². The van der Waals surface area contributed by atoms with Gasteiger partial charge in [0.25, 0.3) is 0 Å². The predicted molar refractivity (Wildman–Crippen MR) is 79.3 cm³/mol. The third-order valence-electron chi connectivity index (χ3n) is 2.57. The molecule has 116 valence electrons. The molecule has 2 amide bonds. The molecule has 0 aromatic heterocycles. The number of rotatable bonds is 11. The van der Waals surface area contributed by atoms with Crippen molar-refractivity contribution < 1.29 is 19.5 Å². The fourth-order valence-corrected chi connectivity index (χ4v) is 2.51. The number of aliphatic carboxylic acids is 1. The molecule has 20 heavy (non-hydrogen) atoms. The van der Waals surface area contributed by atoms with E-state index in [2.05, 4.69) is 5.32 Å². The number of thioether (sulfide) groups is 1. The van der Waals surface area contributed by atoms with Gasteiger partial charge < -0.3 is 16.2 Å². The minimum absolute atomic E-state index is 0.0466. The number of carboxylic acids is 1. The fraction of sp³-hybridized carbons (Fsp3) is 0.769. The highest BCUT2D eigenvalue weighted by atomic mass is 32.2. The van der Waals surface area contributed by atoms with E-state index in [1.807, 2.05) is 13.8 Å². The molecule has 0 radical (unpaired) electrons. The molecule has 0 fully saturated rings. The Morgan fingerprint density at radius 3 is 2.45 bits per heavy atom. The number of hydrogen-bond acceptors (Lipinski definition) is 4. The molecular weight excluding hydrogens is 280 g/mol. The lowest BCUT2D eigenvalue weighted by molar-refractivity contribution is -0.138. The molecule has 0 rings (SSSR count). The molecule has 0 spiro atoms. The van der Waals surface area contributed by atoms with Crippen LogP contribution >= 0.6 is 11.8 Å². The van der Waals surface area contributed by atoms with E-state index >= 15 is 0 Å². The van der Waals surface area contributed by atoms with Crippen LogP contribution in [-0.4, -0.2) is 40.9 Å². The van der Waals surface area contributed by atoms with Gasteiger partial charge in [0.1, 0.15) is 0 Å². The normalized spacial score (nSPS) is 12.2. The second kappa shape index (κ2) is 10.5. The van der Waals surface area contributed by atoms with Gasteiger partial charge in [0.15, 0.2) is 0 Å². The lowest BCUT2D eigenvalue weighted by Gasteiger charge is -2.17. The first-order valence-electron chi connectivity index (χ1n) is 6.65. The van der Waals surface area contributed by atoms with Crippen LogP contribution in [0, 0.1) is 11.8 Å². The van der Waals surface area contributed by atoms with E-state index in [0.29, 0.717) is 24.6 Å². The van der Waals surface area contributed by atoms with Crippen molar-refractivity contribution in [3.63, 3.8) is 0 Å². The Balaban J connectivity index is 3.91. The Morgan fingerprint density at radius 1 is 1.30 bits per heavy atom. The molecule has 0 aliphatic carbocycles. The molecule has 0 aliphatic rings. The van der Waals surface area contributed by atoms with E-state index in [9.17, 15) is 14.4 Å². The Hall–Kier alpha value is -1.24. The van der Waals surface area contributed by atoms with Crippen molar-refractivity contribution in [1.29, 1.82) is 0 Å². The van der Waals surface area contributed by atoms with Gasteiger partial charge in [-0.3, -0.25) is 14.4 Å². The fourth-order valence-electron chi connectivity index (χ4n) is 1.84. The van der Waals surface area contributed by atoms with Crippen LogP contribution in [0.5, 0.6) is 0 Å². The highest BCUT2D eigenvalue weighted by Crippen LogP contribution is 2.14. The van der Waals surface area contributed by atoms with E-state index in [1.54, 1.807) is 0 Å². The molecule has 0 aromatic rings.